The molecule has 1 aromatic carbocycles. The molecule has 0 radical (unpaired) electrons. The van der Waals surface area contributed by atoms with E-state index in [2.05, 4.69) is 18.5 Å². The highest BCUT2D eigenvalue weighted by molar-refractivity contribution is 7.98. The first-order valence-corrected chi connectivity index (χ1v) is 8.61. The molecule has 0 aliphatic carbocycles. The van der Waals surface area contributed by atoms with Gasteiger partial charge in [-0.25, -0.2) is 0 Å². The molecule has 1 amide bonds. The minimum absolute atomic E-state index is 0.0179. The third-order valence-corrected chi connectivity index (χ3v) is 4.23. The van der Waals surface area contributed by atoms with Crippen LogP contribution >= 0.6 is 23.4 Å². The van der Waals surface area contributed by atoms with E-state index in [9.17, 15) is 4.79 Å². The second-order valence-corrected chi connectivity index (χ2v) is 6.00. The van der Waals surface area contributed by atoms with Crippen LogP contribution in [0, 0.1) is 0 Å². The zero-order chi connectivity index (χ0) is 15.1. The number of nitrogens with one attached hydrogen (secondary N) is 1. The predicted octanol–water partition coefficient (Wildman–Crippen LogP) is 3.99. The molecule has 0 bridgehead atoms. The van der Waals surface area contributed by atoms with E-state index in [-0.39, 0.29) is 11.9 Å². The number of anilines is 1. The smallest absolute Gasteiger partial charge is 0.256 e. The van der Waals surface area contributed by atoms with E-state index in [4.69, 9.17) is 11.6 Å². The second kappa shape index (κ2) is 8.42. The molecule has 0 aromatic heterocycles. The first-order chi connectivity index (χ1) is 9.54. The van der Waals surface area contributed by atoms with Crippen LogP contribution in [-0.2, 0) is 0 Å². The molecule has 0 saturated heterocycles. The summed E-state index contributed by atoms with van der Waals surface area (Å²) in [5.41, 5.74) is 1.48. The van der Waals surface area contributed by atoms with E-state index in [1.165, 1.54) is 0 Å². The summed E-state index contributed by atoms with van der Waals surface area (Å²) >= 11 is 7.79. The lowest BCUT2D eigenvalue weighted by Gasteiger charge is -2.27. The maximum Gasteiger partial charge on any atom is 0.256 e. The molecule has 0 aliphatic rings. The van der Waals surface area contributed by atoms with Gasteiger partial charge in [-0.05, 0) is 37.8 Å². The van der Waals surface area contributed by atoms with Gasteiger partial charge in [0, 0.05) is 36.1 Å². The Morgan fingerprint density at radius 3 is 2.70 bits per heavy atom. The van der Waals surface area contributed by atoms with Crippen LogP contribution in [0.1, 0.15) is 30.6 Å². The van der Waals surface area contributed by atoms with Gasteiger partial charge in [-0.1, -0.05) is 18.5 Å². The van der Waals surface area contributed by atoms with Crippen molar-refractivity contribution in [2.24, 2.45) is 0 Å². The summed E-state index contributed by atoms with van der Waals surface area (Å²) in [6.45, 7) is 4.89. The summed E-state index contributed by atoms with van der Waals surface area (Å²) in [6.07, 6.45) is 3.00. The van der Waals surface area contributed by atoms with Crippen LogP contribution in [-0.4, -0.2) is 42.4 Å². The summed E-state index contributed by atoms with van der Waals surface area (Å²) < 4.78 is 0. The van der Waals surface area contributed by atoms with Crippen molar-refractivity contribution in [1.29, 1.82) is 0 Å². The first-order valence-electron chi connectivity index (χ1n) is 6.84. The highest BCUT2D eigenvalue weighted by atomic mass is 35.5. The molecule has 0 heterocycles. The molecule has 1 rings (SSSR count). The van der Waals surface area contributed by atoms with Gasteiger partial charge in [0.15, 0.2) is 0 Å². The van der Waals surface area contributed by atoms with Gasteiger partial charge < -0.3 is 10.2 Å². The van der Waals surface area contributed by atoms with Crippen LogP contribution in [0.25, 0.3) is 0 Å². The number of carbonyl (C=O) groups excluding carboxylic acids is 1. The Kier molecular flexibility index (Phi) is 7.24. The van der Waals surface area contributed by atoms with E-state index in [1.807, 2.05) is 24.9 Å². The van der Waals surface area contributed by atoms with Crippen LogP contribution in [0.5, 0.6) is 0 Å². The average molecular weight is 315 g/mol. The summed E-state index contributed by atoms with van der Waals surface area (Å²) in [7, 11) is 1.86. The summed E-state index contributed by atoms with van der Waals surface area (Å²) in [5.74, 6) is 0.958. The first kappa shape index (κ1) is 17.2. The number of carbonyl (C=O) groups is 1. The Morgan fingerprint density at radius 2 is 2.15 bits per heavy atom. The van der Waals surface area contributed by atoms with E-state index < -0.39 is 0 Å². The van der Waals surface area contributed by atoms with Crippen LogP contribution in [0.3, 0.4) is 0 Å². The molecule has 1 aromatic rings. The second-order valence-electron chi connectivity index (χ2n) is 4.65. The fraction of sp³-hybridized carbons (Fsp3) is 0.533. The molecular formula is C15H23ClN2OS. The van der Waals surface area contributed by atoms with Gasteiger partial charge >= 0.3 is 0 Å². The standard InChI is InChI=1S/C15H23ClN2OS/c1-5-12(10-20-4)18(3)15(19)13-9-11(16)7-8-14(13)17-6-2/h7-9,12,17H,5-6,10H2,1-4H3. The van der Waals surface area contributed by atoms with Crippen LogP contribution in [0.15, 0.2) is 18.2 Å². The minimum atomic E-state index is 0.0179. The average Bonchev–Trinajstić information content (AvgIpc) is 2.45. The Balaban J connectivity index is 3.03. The zero-order valence-corrected chi connectivity index (χ0v) is 14.1. The molecule has 1 atom stereocenters. The predicted molar refractivity (Wildman–Crippen MR) is 90.2 cm³/mol. The number of benzene rings is 1. The fourth-order valence-corrected chi connectivity index (χ4v) is 3.11. The monoisotopic (exact) mass is 314 g/mol. The van der Waals surface area contributed by atoms with Crippen molar-refractivity contribution in [3.63, 3.8) is 0 Å². The lowest BCUT2D eigenvalue weighted by molar-refractivity contribution is 0.0744. The number of rotatable bonds is 7. The number of hydrogen-bond acceptors (Lipinski definition) is 3. The third kappa shape index (κ3) is 4.32. The van der Waals surface area contributed by atoms with Gasteiger partial charge in [0.1, 0.15) is 0 Å². The Labute approximate surface area is 131 Å². The summed E-state index contributed by atoms with van der Waals surface area (Å²) in [5, 5.41) is 3.80. The molecule has 0 fully saturated rings. The van der Waals surface area contributed by atoms with Crippen LogP contribution in [0.2, 0.25) is 5.02 Å². The Hall–Kier alpha value is -0.870. The van der Waals surface area contributed by atoms with Gasteiger partial charge in [0.25, 0.3) is 5.91 Å². The maximum absolute atomic E-state index is 12.7. The third-order valence-electron chi connectivity index (χ3n) is 3.28. The molecule has 1 unspecified atom stereocenters. The number of amides is 1. The number of thioether (sulfide) groups is 1. The number of nitrogens with zero attached hydrogens (tertiary/aromatic N) is 1. The van der Waals surface area contributed by atoms with E-state index >= 15 is 0 Å². The van der Waals surface area contributed by atoms with Crippen LogP contribution in [0.4, 0.5) is 5.69 Å². The maximum atomic E-state index is 12.7. The molecule has 0 saturated carbocycles. The van der Waals surface area contributed by atoms with Crippen LogP contribution < -0.4 is 5.32 Å². The summed E-state index contributed by atoms with van der Waals surface area (Å²) in [6, 6.07) is 5.65. The number of hydrogen-bond donors (Lipinski definition) is 1. The highest BCUT2D eigenvalue weighted by Gasteiger charge is 2.21. The van der Waals surface area contributed by atoms with E-state index in [1.54, 1.807) is 23.9 Å². The largest absolute Gasteiger partial charge is 0.385 e. The lowest BCUT2D eigenvalue weighted by Crippen LogP contribution is -2.38. The van der Waals surface area contributed by atoms with Crippen molar-refractivity contribution >= 4 is 35.0 Å². The van der Waals surface area contributed by atoms with Gasteiger partial charge in [-0.2, -0.15) is 11.8 Å². The topological polar surface area (TPSA) is 32.3 Å². The molecule has 0 spiro atoms. The van der Waals surface area contributed by atoms with Gasteiger partial charge in [0.05, 0.1) is 5.56 Å². The minimum Gasteiger partial charge on any atom is -0.385 e. The number of halogens is 1. The lowest BCUT2D eigenvalue weighted by atomic mass is 10.1. The van der Waals surface area contributed by atoms with E-state index in [0.717, 1.165) is 24.4 Å². The molecule has 3 nitrogen and oxygen atoms in total. The molecule has 5 heteroatoms. The van der Waals surface area contributed by atoms with Crippen molar-refractivity contribution < 1.29 is 4.79 Å². The van der Waals surface area contributed by atoms with Crippen molar-refractivity contribution in [1.82, 2.24) is 4.90 Å². The molecular weight excluding hydrogens is 292 g/mol. The molecule has 0 aliphatic heterocycles. The SMILES string of the molecule is CCNc1ccc(Cl)cc1C(=O)N(C)C(CC)CSC. The summed E-state index contributed by atoms with van der Waals surface area (Å²) in [4.78, 5) is 14.5. The Bertz CT molecular complexity index is 453. The quantitative estimate of drug-likeness (QED) is 0.826. The van der Waals surface area contributed by atoms with Gasteiger partial charge in [0.2, 0.25) is 0 Å². The Morgan fingerprint density at radius 1 is 1.45 bits per heavy atom. The van der Waals surface area contributed by atoms with Crippen molar-refractivity contribution in [2.45, 2.75) is 26.3 Å². The fourth-order valence-electron chi connectivity index (χ4n) is 2.09. The van der Waals surface area contributed by atoms with Crippen molar-refractivity contribution in [3.05, 3.63) is 28.8 Å². The molecule has 1 N–H and O–H groups in total. The van der Waals surface area contributed by atoms with Crippen molar-refractivity contribution in [2.75, 3.05) is 30.9 Å². The highest BCUT2D eigenvalue weighted by Crippen LogP contribution is 2.23. The van der Waals surface area contributed by atoms with Gasteiger partial charge in [-0.3, -0.25) is 4.79 Å². The van der Waals surface area contributed by atoms with E-state index in [0.29, 0.717) is 10.6 Å². The van der Waals surface area contributed by atoms with Gasteiger partial charge in [-0.15, -0.1) is 0 Å². The van der Waals surface area contributed by atoms with Crippen molar-refractivity contribution in [3.8, 4) is 0 Å². The molecule has 20 heavy (non-hydrogen) atoms. The normalized spacial score (nSPS) is 12.1. The molecule has 112 valence electrons. The zero-order valence-electron chi connectivity index (χ0n) is 12.6.